The lowest BCUT2D eigenvalue weighted by atomic mass is 10.1. The van der Waals surface area contributed by atoms with Crippen molar-refractivity contribution in [2.24, 2.45) is 5.92 Å². The predicted molar refractivity (Wildman–Crippen MR) is 80.1 cm³/mol. The van der Waals surface area contributed by atoms with Gasteiger partial charge in [0, 0.05) is 38.2 Å². The van der Waals surface area contributed by atoms with Gasteiger partial charge in [-0.05, 0) is 13.3 Å². The molecule has 0 aliphatic carbocycles. The van der Waals surface area contributed by atoms with Gasteiger partial charge in [-0.3, -0.25) is 4.90 Å². The van der Waals surface area contributed by atoms with Gasteiger partial charge in [-0.2, -0.15) is 22.7 Å². The summed E-state index contributed by atoms with van der Waals surface area (Å²) in [4.78, 5) is 9.95. The van der Waals surface area contributed by atoms with Crippen LogP contribution in [0.15, 0.2) is 6.07 Å². The van der Waals surface area contributed by atoms with Gasteiger partial charge in [-0.1, -0.05) is 0 Å². The second-order valence-corrected chi connectivity index (χ2v) is 6.32. The number of hydrogen-bond donors (Lipinski definition) is 0. The number of halogens is 3. The summed E-state index contributed by atoms with van der Waals surface area (Å²) < 4.78 is 50.7. The number of fused-ring (bicyclic) bond motifs is 2. The maximum Gasteiger partial charge on any atom is 0.453 e. The van der Waals surface area contributed by atoms with Crippen LogP contribution in [0.4, 0.5) is 13.2 Å². The molecular formula is C15H18F3N5O2. The Bertz CT molecular complexity index is 766. The quantitative estimate of drug-likeness (QED) is 0.831. The molecule has 2 aliphatic heterocycles. The van der Waals surface area contributed by atoms with Crippen molar-refractivity contribution in [3.8, 4) is 5.88 Å². The maximum absolute atomic E-state index is 12.9. The average molecular weight is 357 g/mol. The first-order valence-electron chi connectivity index (χ1n) is 8.24. The molecule has 4 heterocycles. The topological polar surface area (TPSA) is 64.8 Å². The average Bonchev–Trinajstić information content (AvgIpc) is 3.20. The van der Waals surface area contributed by atoms with Gasteiger partial charge in [0.25, 0.3) is 11.6 Å². The van der Waals surface area contributed by atoms with Crippen molar-refractivity contribution in [2.75, 3.05) is 26.3 Å². The molecule has 10 heteroatoms. The minimum Gasteiger partial charge on any atom is -0.478 e. The monoisotopic (exact) mass is 357 g/mol. The van der Waals surface area contributed by atoms with E-state index in [-0.39, 0.29) is 17.8 Å². The number of likely N-dealkylation sites (tertiary alicyclic amines) is 1. The van der Waals surface area contributed by atoms with Crippen LogP contribution >= 0.6 is 0 Å². The van der Waals surface area contributed by atoms with Gasteiger partial charge in [0.1, 0.15) is 0 Å². The third-order valence-corrected chi connectivity index (χ3v) is 4.54. The molecule has 2 aromatic heterocycles. The summed E-state index contributed by atoms with van der Waals surface area (Å²) in [5.74, 6) is -0.590. The first-order chi connectivity index (χ1) is 11.9. The van der Waals surface area contributed by atoms with Crippen LogP contribution in [0.2, 0.25) is 0 Å². The molecule has 136 valence electrons. The molecule has 2 fully saturated rings. The van der Waals surface area contributed by atoms with E-state index in [4.69, 9.17) is 9.47 Å². The van der Waals surface area contributed by atoms with E-state index in [1.807, 2.05) is 0 Å². The minimum atomic E-state index is -4.62. The van der Waals surface area contributed by atoms with E-state index < -0.39 is 12.0 Å². The lowest BCUT2D eigenvalue weighted by Gasteiger charge is -2.16. The molecule has 0 radical (unpaired) electrons. The Labute approximate surface area is 141 Å². The summed E-state index contributed by atoms with van der Waals surface area (Å²) in [6, 6.07) is 1.63. The molecule has 2 atom stereocenters. The Morgan fingerprint density at radius 2 is 2.16 bits per heavy atom. The van der Waals surface area contributed by atoms with Crippen molar-refractivity contribution >= 4 is 5.78 Å². The van der Waals surface area contributed by atoms with Crippen LogP contribution in [0.1, 0.15) is 24.9 Å². The Balaban J connectivity index is 1.62. The van der Waals surface area contributed by atoms with E-state index in [0.717, 1.165) is 30.6 Å². The number of hydrogen-bond acceptors (Lipinski definition) is 6. The van der Waals surface area contributed by atoms with E-state index in [2.05, 4.69) is 20.0 Å². The second kappa shape index (κ2) is 6.10. The molecule has 2 saturated heterocycles. The van der Waals surface area contributed by atoms with E-state index in [1.165, 1.54) is 0 Å². The highest BCUT2D eigenvalue weighted by Crippen LogP contribution is 2.30. The zero-order valence-corrected chi connectivity index (χ0v) is 13.7. The molecule has 0 unspecified atom stereocenters. The van der Waals surface area contributed by atoms with Gasteiger partial charge >= 0.3 is 6.18 Å². The highest BCUT2D eigenvalue weighted by molar-refractivity contribution is 5.35. The lowest BCUT2D eigenvalue weighted by Crippen LogP contribution is -2.23. The number of ether oxygens (including phenoxy) is 2. The fraction of sp³-hybridized carbons (Fsp3) is 0.667. The highest BCUT2D eigenvalue weighted by atomic mass is 19.4. The van der Waals surface area contributed by atoms with Crippen LogP contribution in [-0.2, 0) is 17.5 Å². The van der Waals surface area contributed by atoms with E-state index in [1.54, 1.807) is 13.0 Å². The largest absolute Gasteiger partial charge is 0.478 e. The molecule has 0 bridgehead atoms. The minimum absolute atomic E-state index is 0.107. The number of alkyl halides is 3. The van der Waals surface area contributed by atoms with Gasteiger partial charge in [0.2, 0.25) is 5.88 Å². The van der Waals surface area contributed by atoms with Gasteiger partial charge in [-0.15, -0.1) is 5.10 Å². The summed E-state index contributed by atoms with van der Waals surface area (Å²) in [7, 11) is 0. The summed E-state index contributed by atoms with van der Waals surface area (Å²) in [5.41, 5.74) is 0.608. The Hall–Kier alpha value is -1.94. The van der Waals surface area contributed by atoms with Crippen LogP contribution in [0.25, 0.3) is 5.78 Å². The predicted octanol–water partition coefficient (Wildman–Crippen LogP) is 1.76. The second-order valence-electron chi connectivity index (χ2n) is 6.32. The molecule has 4 rings (SSSR count). The van der Waals surface area contributed by atoms with E-state index >= 15 is 0 Å². The molecule has 2 aromatic rings. The van der Waals surface area contributed by atoms with Gasteiger partial charge in [-0.25, -0.2) is 4.98 Å². The van der Waals surface area contributed by atoms with Crippen molar-refractivity contribution in [3.63, 3.8) is 0 Å². The summed E-state index contributed by atoms with van der Waals surface area (Å²) in [6.07, 6.45) is -3.32. The molecule has 0 aromatic carbocycles. The zero-order chi connectivity index (χ0) is 17.6. The van der Waals surface area contributed by atoms with Gasteiger partial charge in [0.15, 0.2) is 0 Å². The van der Waals surface area contributed by atoms with E-state index in [9.17, 15) is 13.2 Å². The van der Waals surface area contributed by atoms with Gasteiger partial charge in [0.05, 0.1) is 18.4 Å². The third kappa shape index (κ3) is 3.15. The Kier molecular flexibility index (Phi) is 4.03. The normalized spacial score (nSPS) is 24.2. The Morgan fingerprint density at radius 3 is 2.88 bits per heavy atom. The number of aromatic nitrogens is 4. The van der Waals surface area contributed by atoms with E-state index in [0.29, 0.717) is 24.8 Å². The fourth-order valence-electron chi connectivity index (χ4n) is 3.46. The lowest BCUT2D eigenvalue weighted by molar-refractivity contribution is -0.144. The fourth-order valence-corrected chi connectivity index (χ4v) is 3.46. The molecule has 0 spiro atoms. The molecule has 25 heavy (non-hydrogen) atoms. The maximum atomic E-state index is 12.9. The Morgan fingerprint density at radius 1 is 1.32 bits per heavy atom. The summed E-state index contributed by atoms with van der Waals surface area (Å²) in [6.45, 7) is 5.10. The SMILES string of the molecule is CCOc1cc(CN2C[C@@H]3CCO[C@@H]3C2)nc2nc(C(F)(F)F)nn12. The summed E-state index contributed by atoms with van der Waals surface area (Å²) >= 11 is 0. The van der Waals surface area contributed by atoms with Crippen molar-refractivity contribution in [2.45, 2.75) is 32.2 Å². The van der Waals surface area contributed by atoms with Crippen molar-refractivity contribution in [1.29, 1.82) is 0 Å². The molecule has 7 nitrogen and oxygen atoms in total. The number of rotatable bonds is 4. The molecule has 0 N–H and O–H groups in total. The number of nitrogens with zero attached hydrogens (tertiary/aromatic N) is 5. The molecular weight excluding hydrogens is 339 g/mol. The first kappa shape index (κ1) is 16.5. The highest BCUT2D eigenvalue weighted by Gasteiger charge is 2.38. The first-order valence-corrected chi connectivity index (χ1v) is 8.24. The smallest absolute Gasteiger partial charge is 0.453 e. The molecule has 0 amide bonds. The van der Waals surface area contributed by atoms with Crippen molar-refractivity contribution in [3.05, 3.63) is 17.6 Å². The summed E-state index contributed by atoms with van der Waals surface area (Å²) in [5, 5.41) is 3.48. The van der Waals surface area contributed by atoms with Crippen LogP contribution in [0.3, 0.4) is 0 Å². The van der Waals surface area contributed by atoms with Crippen LogP contribution < -0.4 is 4.74 Å². The van der Waals surface area contributed by atoms with Gasteiger partial charge < -0.3 is 9.47 Å². The van der Waals surface area contributed by atoms with Crippen molar-refractivity contribution < 1.29 is 22.6 Å². The standard InChI is InChI=1S/C15H18F3N5O2/c1-2-24-12-5-10(7-22-6-9-3-4-25-11(9)8-22)19-14-20-13(15(16,17)18)21-23(12)14/h5,9,11H,2-4,6-8H2,1H3/t9-,11+/m0/s1. The van der Waals surface area contributed by atoms with Crippen LogP contribution in [-0.4, -0.2) is 56.9 Å². The van der Waals surface area contributed by atoms with Crippen molar-refractivity contribution in [1.82, 2.24) is 24.5 Å². The zero-order valence-electron chi connectivity index (χ0n) is 13.7. The van der Waals surface area contributed by atoms with Crippen LogP contribution in [0, 0.1) is 5.92 Å². The van der Waals surface area contributed by atoms with Crippen LogP contribution in [0.5, 0.6) is 5.88 Å². The molecule has 0 saturated carbocycles. The third-order valence-electron chi connectivity index (χ3n) is 4.54. The molecule has 2 aliphatic rings.